The minimum absolute atomic E-state index is 0.230. The molecule has 2 saturated heterocycles. The topological polar surface area (TPSA) is 32.3 Å². The van der Waals surface area contributed by atoms with Crippen molar-refractivity contribution in [3.8, 4) is 0 Å². The van der Waals surface area contributed by atoms with Crippen LogP contribution in [-0.4, -0.2) is 37.0 Å². The first-order chi connectivity index (χ1) is 9.34. The minimum atomic E-state index is 0.230. The Hall–Kier alpha value is -1.35. The standard InChI is InChI=1S/C16H22N2O/c19-16(15-6-9-17-12-15)18-10-7-14(8-11-18)13-4-2-1-3-5-13/h1-5,14-15,17H,6-12H2. The summed E-state index contributed by atoms with van der Waals surface area (Å²) in [5.41, 5.74) is 1.43. The number of amides is 1. The Bertz CT molecular complexity index is 418. The number of likely N-dealkylation sites (tertiary alicyclic amines) is 1. The summed E-state index contributed by atoms with van der Waals surface area (Å²) in [6, 6.07) is 10.7. The van der Waals surface area contributed by atoms with E-state index in [-0.39, 0.29) is 5.92 Å². The van der Waals surface area contributed by atoms with Crippen LogP contribution in [0.4, 0.5) is 0 Å². The molecule has 0 saturated carbocycles. The van der Waals surface area contributed by atoms with Crippen LogP contribution in [0.5, 0.6) is 0 Å². The van der Waals surface area contributed by atoms with Gasteiger partial charge in [0.05, 0.1) is 5.92 Å². The van der Waals surface area contributed by atoms with Crippen molar-refractivity contribution in [2.24, 2.45) is 5.92 Å². The first kappa shape index (κ1) is 12.7. The van der Waals surface area contributed by atoms with Gasteiger partial charge in [0.1, 0.15) is 0 Å². The monoisotopic (exact) mass is 258 g/mol. The van der Waals surface area contributed by atoms with Gasteiger partial charge in [0, 0.05) is 19.6 Å². The molecule has 102 valence electrons. The van der Waals surface area contributed by atoms with Crippen molar-refractivity contribution >= 4 is 5.91 Å². The van der Waals surface area contributed by atoms with Crippen molar-refractivity contribution in [1.82, 2.24) is 10.2 Å². The van der Waals surface area contributed by atoms with Gasteiger partial charge in [-0.1, -0.05) is 30.3 Å². The Morgan fingerprint density at radius 3 is 2.47 bits per heavy atom. The van der Waals surface area contributed by atoms with Gasteiger partial charge in [-0.05, 0) is 37.3 Å². The van der Waals surface area contributed by atoms with Crippen LogP contribution >= 0.6 is 0 Å². The molecule has 0 radical (unpaired) electrons. The van der Waals surface area contributed by atoms with E-state index in [1.54, 1.807) is 0 Å². The zero-order valence-corrected chi connectivity index (χ0v) is 11.3. The molecule has 3 rings (SSSR count). The molecule has 0 aromatic heterocycles. The van der Waals surface area contributed by atoms with Crippen molar-refractivity contribution < 1.29 is 4.79 Å². The summed E-state index contributed by atoms with van der Waals surface area (Å²) < 4.78 is 0. The van der Waals surface area contributed by atoms with Crippen LogP contribution in [0.3, 0.4) is 0 Å². The van der Waals surface area contributed by atoms with Crippen LogP contribution in [0, 0.1) is 5.92 Å². The molecule has 0 spiro atoms. The lowest BCUT2D eigenvalue weighted by atomic mass is 9.89. The van der Waals surface area contributed by atoms with Crippen molar-refractivity contribution in [3.05, 3.63) is 35.9 Å². The summed E-state index contributed by atoms with van der Waals surface area (Å²) in [6.45, 7) is 3.72. The second-order valence-electron chi connectivity index (χ2n) is 5.70. The van der Waals surface area contributed by atoms with Gasteiger partial charge >= 0.3 is 0 Å². The molecule has 1 N–H and O–H groups in total. The fourth-order valence-corrected chi connectivity index (χ4v) is 3.28. The maximum atomic E-state index is 12.3. The van der Waals surface area contributed by atoms with E-state index in [4.69, 9.17) is 0 Å². The van der Waals surface area contributed by atoms with E-state index in [0.717, 1.165) is 45.4 Å². The number of nitrogens with one attached hydrogen (secondary N) is 1. The first-order valence-electron chi connectivity index (χ1n) is 7.39. The first-order valence-corrected chi connectivity index (χ1v) is 7.39. The molecule has 1 aromatic rings. The predicted molar refractivity (Wildman–Crippen MR) is 76.0 cm³/mol. The average Bonchev–Trinajstić information content (AvgIpc) is 3.02. The number of carbonyl (C=O) groups is 1. The van der Waals surface area contributed by atoms with Crippen molar-refractivity contribution in [2.45, 2.75) is 25.2 Å². The van der Waals surface area contributed by atoms with Gasteiger partial charge in [-0.25, -0.2) is 0 Å². The van der Waals surface area contributed by atoms with Gasteiger partial charge in [0.2, 0.25) is 5.91 Å². The van der Waals surface area contributed by atoms with Crippen LogP contribution in [0.15, 0.2) is 30.3 Å². The molecule has 2 aliphatic heterocycles. The van der Waals surface area contributed by atoms with Gasteiger partial charge in [0.25, 0.3) is 0 Å². The molecule has 0 bridgehead atoms. The largest absolute Gasteiger partial charge is 0.342 e. The molecule has 1 atom stereocenters. The Morgan fingerprint density at radius 2 is 1.84 bits per heavy atom. The number of hydrogen-bond donors (Lipinski definition) is 1. The summed E-state index contributed by atoms with van der Waals surface area (Å²) in [6.07, 6.45) is 3.23. The van der Waals surface area contributed by atoms with Crippen LogP contribution in [-0.2, 0) is 4.79 Å². The zero-order valence-electron chi connectivity index (χ0n) is 11.3. The van der Waals surface area contributed by atoms with Gasteiger partial charge in [-0.2, -0.15) is 0 Å². The molecule has 19 heavy (non-hydrogen) atoms. The number of hydrogen-bond acceptors (Lipinski definition) is 2. The van der Waals surface area contributed by atoms with Gasteiger partial charge in [0.15, 0.2) is 0 Å². The van der Waals surface area contributed by atoms with Gasteiger partial charge in [-0.15, -0.1) is 0 Å². The zero-order chi connectivity index (χ0) is 13.1. The van der Waals surface area contributed by atoms with Crippen molar-refractivity contribution in [1.29, 1.82) is 0 Å². The minimum Gasteiger partial charge on any atom is -0.342 e. The van der Waals surface area contributed by atoms with Gasteiger partial charge < -0.3 is 10.2 Å². The van der Waals surface area contributed by atoms with Crippen molar-refractivity contribution in [3.63, 3.8) is 0 Å². The lowest BCUT2D eigenvalue weighted by Crippen LogP contribution is -2.41. The summed E-state index contributed by atoms with van der Waals surface area (Å²) in [7, 11) is 0. The van der Waals surface area contributed by atoms with Crippen LogP contribution in [0.25, 0.3) is 0 Å². The van der Waals surface area contributed by atoms with Crippen LogP contribution in [0.1, 0.15) is 30.7 Å². The number of rotatable bonds is 2. The lowest BCUT2D eigenvalue weighted by molar-refractivity contribution is -0.136. The van der Waals surface area contributed by atoms with Gasteiger partial charge in [-0.3, -0.25) is 4.79 Å². The van der Waals surface area contributed by atoms with E-state index >= 15 is 0 Å². The third kappa shape index (κ3) is 2.81. The number of nitrogens with zero attached hydrogens (tertiary/aromatic N) is 1. The van der Waals surface area contributed by atoms with E-state index in [1.165, 1.54) is 5.56 Å². The number of piperidine rings is 1. The van der Waals surface area contributed by atoms with E-state index in [0.29, 0.717) is 11.8 Å². The average molecular weight is 258 g/mol. The molecule has 2 fully saturated rings. The van der Waals surface area contributed by atoms with E-state index in [1.807, 2.05) is 0 Å². The highest BCUT2D eigenvalue weighted by Crippen LogP contribution is 2.28. The second kappa shape index (κ2) is 5.74. The van der Waals surface area contributed by atoms with E-state index in [2.05, 4.69) is 40.5 Å². The lowest BCUT2D eigenvalue weighted by Gasteiger charge is -2.33. The Labute approximate surface area is 115 Å². The number of carbonyl (C=O) groups excluding carboxylic acids is 1. The van der Waals surface area contributed by atoms with Crippen LogP contribution in [0.2, 0.25) is 0 Å². The maximum Gasteiger partial charge on any atom is 0.227 e. The predicted octanol–water partition coefficient (Wildman–Crippen LogP) is 2.00. The fourth-order valence-electron chi connectivity index (χ4n) is 3.28. The molecule has 2 aliphatic rings. The third-order valence-corrected chi connectivity index (χ3v) is 4.49. The highest BCUT2D eigenvalue weighted by Gasteiger charge is 2.30. The Balaban J connectivity index is 1.56. The molecule has 1 amide bonds. The quantitative estimate of drug-likeness (QED) is 0.880. The molecular formula is C16H22N2O. The summed E-state index contributed by atoms with van der Waals surface area (Å²) in [4.78, 5) is 14.4. The summed E-state index contributed by atoms with van der Waals surface area (Å²) in [5, 5.41) is 3.28. The Kier molecular flexibility index (Phi) is 3.83. The van der Waals surface area contributed by atoms with E-state index < -0.39 is 0 Å². The molecule has 1 aromatic carbocycles. The Morgan fingerprint density at radius 1 is 1.11 bits per heavy atom. The fraction of sp³-hybridized carbons (Fsp3) is 0.562. The van der Waals surface area contributed by atoms with E-state index in [9.17, 15) is 4.79 Å². The SMILES string of the molecule is O=C(C1CCNC1)N1CCC(c2ccccc2)CC1. The molecule has 0 aliphatic carbocycles. The summed E-state index contributed by atoms with van der Waals surface area (Å²) in [5.74, 6) is 1.23. The molecule has 1 unspecified atom stereocenters. The molecule has 3 heteroatoms. The maximum absolute atomic E-state index is 12.3. The normalized spacial score (nSPS) is 24.6. The van der Waals surface area contributed by atoms with Crippen molar-refractivity contribution in [2.75, 3.05) is 26.2 Å². The smallest absolute Gasteiger partial charge is 0.227 e. The summed E-state index contributed by atoms with van der Waals surface area (Å²) >= 11 is 0. The third-order valence-electron chi connectivity index (χ3n) is 4.49. The van der Waals surface area contributed by atoms with Crippen LogP contribution < -0.4 is 5.32 Å². The number of benzene rings is 1. The second-order valence-corrected chi connectivity index (χ2v) is 5.70. The highest BCUT2D eigenvalue weighted by molar-refractivity contribution is 5.79. The molecule has 3 nitrogen and oxygen atoms in total. The molecular weight excluding hydrogens is 236 g/mol. The highest BCUT2D eigenvalue weighted by atomic mass is 16.2. The molecule has 2 heterocycles.